The summed E-state index contributed by atoms with van der Waals surface area (Å²) in [6.45, 7) is 4.71. The zero-order chi connectivity index (χ0) is 13.5. The number of aliphatic hydroxyl groups is 3. The third-order valence-electron chi connectivity index (χ3n) is 3.14. The van der Waals surface area contributed by atoms with Crippen LogP contribution in [-0.2, 0) is 4.74 Å². The first-order valence-corrected chi connectivity index (χ1v) is 7.54. The van der Waals surface area contributed by atoms with Gasteiger partial charge in [0.1, 0.15) is 23.7 Å². The number of ether oxygens (including phenoxy) is 1. The lowest BCUT2D eigenvalue weighted by Crippen LogP contribution is -2.56. The van der Waals surface area contributed by atoms with Gasteiger partial charge in [0, 0.05) is 6.54 Å². The summed E-state index contributed by atoms with van der Waals surface area (Å²) >= 11 is 1.28. The van der Waals surface area contributed by atoms with Crippen molar-refractivity contribution < 1.29 is 20.1 Å². The lowest BCUT2D eigenvalue weighted by atomic mass is 10.0. The molecular weight excluding hydrogens is 254 g/mol. The Labute approximate surface area is 113 Å². The quantitative estimate of drug-likeness (QED) is 0.404. The molecule has 1 saturated heterocycles. The van der Waals surface area contributed by atoms with Gasteiger partial charge in [-0.2, -0.15) is 0 Å². The molecule has 0 amide bonds. The summed E-state index contributed by atoms with van der Waals surface area (Å²) in [4.78, 5) is 0. The van der Waals surface area contributed by atoms with Crippen LogP contribution in [0.2, 0.25) is 0 Å². The average molecular weight is 279 g/mol. The summed E-state index contributed by atoms with van der Waals surface area (Å²) in [7, 11) is 0. The first-order chi connectivity index (χ1) is 8.57. The largest absolute Gasteiger partial charge is 0.388 e. The van der Waals surface area contributed by atoms with E-state index in [4.69, 9.17) is 4.74 Å². The predicted octanol–water partition coefficient (Wildman–Crippen LogP) is 0.632. The first kappa shape index (κ1) is 16.2. The number of hydrogen-bond donors (Lipinski definition) is 4. The minimum atomic E-state index is -1.15. The lowest BCUT2D eigenvalue weighted by Gasteiger charge is -2.38. The van der Waals surface area contributed by atoms with Crippen LogP contribution in [0.25, 0.3) is 0 Å². The molecule has 1 rings (SSSR count). The van der Waals surface area contributed by atoms with Gasteiger partial charge in [0.25, 0.3) is 0 Å². The van der Waals surface area contributed by atoms with Crippen LogP contribution in [0.5, 0.6) is 0 Å². The van der Waals surface area contributed by atoms with Crippen LogP contribution < -0.4 is 4.72 Å². The molecule has 0 aromatic carbocycles. The van der Waals surface area contributed by atoms with Gasteiger partial charge in [-0.1, -0.05) is 26.2 Å². The Bertz CT molecular complexity index is 232. The van der Waals surface area contributed by atoms with Crippen molar-refractivity contribution >= 4 is 11.9 Å². The Hall–Kier alpha value is 0.150. The standard InChI is InChI=1S/C12H25NO4S/c1-3-4-5-6-7-13-18-12-11(16)10(15)9(14)8(2)17-12/h8-16H,3-7H2,1-2H3/t8-,9+,10+,11-,12-/m1/s1. The van der Waals surface area contributed by atoms with E-state index in [-0.39, 0.29) is 0 Å². The summed E-state index contributed by atoms with van der Waals surface area (Å²) in [6, 6.07) is 0. The SMILES string of the molecule is CCCCCCNS[C@H]1O[C@H](C)[C@H](O)[C@H](O)[C@H]1O. The fraction of sp³-hybridized carbons (Fsp3) is 1.00. The highest BCUT2D eigenvalue weighted by Crippen LogP contribution is 2.26. The molecule has 1 fully saturated rings. The van der Waals surface area contributed by atoms with E-state index in [1.165, 1.54) is 31.2 Å². The number of nitrogens with one attached hydrogen (secondary N) is 1. The normalized spacial score (nSPS) is 36.8. The van der Waals surface area contributed by atoms with Crippen molar-refractivity contribution in [3.8, 4) is 0 Å². The highest BCUT2D eigenvalue weighted by Gasteiger charge is 2.41. The second kappa shape index (κ2) is 8.35. The molecule has 0 aliphatic carbocycles. The summed E-state index contributed by atoms with van der Waals surface area (Å²) in [5.41, 5.74) is -0.537. The van der Waals surface area contributed by atoms with Crippen molar-refractivity contribution in [2.45, 2.75) is 69.4 Å². The van der Waals surface area contributed by atoms with Gasteiger partial charge in [0.05, 0.1) is 6.10 Å². The lowest BCUT2D eigenvalue weighted by molar-refractivity contribution is -0.192. The maximum Gasteiger partial charge on any atom is 0.146 e. The van der Waals surface area contributed by atoms with E-state index in [2.05, 4.69) is 11.6 Å². The van der Waals surface area contributed by atoms with Crippen molar-refractivity contribution in [3.05, 3.63) is 0 Å². The minimum absolute atomic E-state index is 0.470. The van der Waals surface area contributed by atoms with Gasteiger partial charge < -0.3 is 20.1 Å². The molecule has 6 heteroatoms. The van der Waals surface area contributed by atoms with E-state index in [0.717, 1.165) is 13.0 Å². The number of aliphatic hydroxyl groups excluding tert-OH is 3. The molecule has 1 aliphatic rings. The summed E-state index contributed by atoms with van der Waals surface area (Å²) in [6.07, 6.45) is 1.01. The van der Waals surface area contributed by atoms with Crippen LogP contribution in [-0.4, -0.2) is 51.7 Å². The van der Waals surface area contributed by atoms with Crippen molar-refractivity contribution in [2.75, 3.05) is 6.54 Å². The maximum absolute atomic E-state index is 9.77. The van der Waals surface area contributed by atoms with Gasteiger partial charge in [-0.25, -0.2) is 0 Å². The van der Waals surface area contributed by atoms with Gasteiger partial charge in [0.15, 0.2) is 0 Å². The van der Waals surface area contributed by atoms with Crippen LogP contribution in [0.15, 0.2) is 0 Å². The number of hydrogen-bond acceptors (Lipinski definition) is 6. The van der Waals surface area contributed by atoms with Crippen LogP contribution in [0.1, 0.15) is 39.5 Å². The molecule has 1 heterocycles. The van der Waals surface area contributed by atoms with Crippen molar-refractivity contribution in [1.29, 1.82) is 0 Å². The van der Waals surface area contributed by atoms with Crippen molar-refractivity contribution in [2.24, 2.45) is 0 Å². The summed E-state index contributed by atoms with van der Waals surface area (Å²) in [5, 5.41) is 28.9. The molecule has 0 unspecified atom stereocenters. The second-order valence-corrected chi connectivity index (χ2v) is 5.74. The summed E-state index contributed by atoms with van der Waals surface area (Å²) in [5.74, 6) is 0. The van der Waals surface area contributed by atoms with E-state index in [9.17, 15) is 15.3 Å². The Balaban J connectivity index is 2.21. The molecule has 0 bridgehead atoms. The van der Waals surface area contributed by atoms with E-state index in [1.807, 2.05) is 0 Å². The average Bonchev–Trinajstić information content (AvgIpc) is 2.37. The highest BCUT2D eigenvalue weighted by molar-refractivity contribution is 7.97. The van der Waals surface area contributed by atoms with Gasteiger partial charge in [-0.15, -0.1) is 0 Å². The molecular formula is C12H25NO4S. The molecule has 5 nitrogen and oxygen atoms in total. The zero-order valence-electron chi connectivity index (χ0n) is 11.1. The topological polar surface area (TPSA) is 82.0 Å². The maximum atomic E-state index is 9.77. The first-order valence-electron chi connectivity index (χ1n) is 6.66. The molecule has 0 spiro atoms. The second-order valence-electron chi connectivity index (χ2n) is 4.75. The fourth-order valence-corrected chi connectivity index (χ4v) is 2.83. The van der Waals surface area contributed by atoms with Gasteiger partial charge in [-0.05, 0) is 25.3 Å². The number of unbranched alkanes of at least 4 members (excludes halogenated alkanes) is 3. The molecule has 0 aromatic heterocycles. The van der Waals surface area contributed by atoms with E-state index < -0.39 is 29.9 Å². The van der Waals surface area contributed by atoms with E-state index >= 15 is 0 Å². The van der Waals surface area contributed by atoms with E-state index in [0.29, 0.717) is 0 Å². The molecule has 0 saturated carbocycles. The molecule has 4 N–H and O–H groups in total. The molecule has 108 valence electrons. The van der Waals surface area contributed by atoms with Gasteiger partial charge in [0.2, 0.25) is 0 Å². The molecule has 18 heavy (non-hydrogen) atoms. The minimum Gasteiger partial charge on any atom is -0.388 e. The molecule has 5 atom stereocenters. The summed E-state index contributed by atoms with van der Waals surface area (Å²) < 4.78 is 8.59. The van der Waals surface area contributed by atoms with Crippen LogP contribution in [0.4, 0.5) is 0 Å². The zero-order valence-corrected chi connectivity index (χ0v) is 11.9. The van der Waals surface area contributed by atoms with E-state index in [1.54, 1.807) is 6.92 Å². The van der Waals surface area contributed by atoms with Crippen LogP contribution in [0.3, 0.4) is 0 Å². The third-order valence-corrected chi connectivity index (χ3v) is 4.13. The van der Waals surface area contributed by atoms with Crippen molar-refractivity contribution in [3.63, 3.8) is 0 Å². The third kappa shape index (κ3) is 4.68. The molecule has 0 aromatic rings. The smallest absolute Gasteiger partial charge is 0.146 e. The van der Waals surface area contributed by atoms with Gasteiger partial charge >= 0.3 is 0 Å². The van der Waals surface area contributed by atoms with Gasteiger partial charge in [-0.3, -0.25) is 4.72 Å². The van der Waals surface area contributed by atoms with Crippen LogP contribution >= 0.6 is 11.9 Å². The Morgan fingerprint density at radius 2 is 1.78 bits per heavy atom. The fourth-order valence-electron chi connectivity index (χ4n) is 1.88. The highest BCUT2D eigenvalue weighted by atomic mass is 32.2. The Kier molecular flexibility index (Phi) is 7.51. The Morgan fingerprint density at radius 3 is 2.44 bits per heavy atom. The predicted molar refractivity (Wildman–Crippen MR) is 72.1 cm³/mol. The monoisotopic (exact) mass is 279 g/mol. The Morgan fingerprint density at radius 1 is 1.06 bits per heavy atom. The molecule has 1 aliphatic heterocycles. The molecule has 0 radical (unpaired) electrons. The van der Waals surface area contributed by atoms with Crippen LogP contribution in [0, 0.1) is 0 Å². The number of rotatable bonds is 7. The van der Waals surface area contributed by atoms with Crippen molar-refractivity contribution in [1.82, 2.24) is 4.72 Å².